The van der Waals surface area contributed by atoms with Crippen LogP contribution in [0.15, 0.2) is 54.6 Å². The van der Waals surface area contributed by atoms with Crippen LogP contribution in [0.5, 0.6) is 0 Å². The molecular weight excluding hydrogens is 430 g/mol. The van der Waals surface area contributed by atoms with E-state index in [1.165, 1.54) is 33.8 Å². The monoisotopic (exact) mass is 450 g/mol. The van der Waals surface area contributed by atoms with E-state index < -0.39 is 0 Å². The standard InChI is InChI=1S/C20H18SSe2/c1-2-3-13-17-19(22-14-9-5-4-6-10-14)18-15-11-7-8-12-16(15)21-20(18)23-17/h4-12H,2-3,13H2,1H3. The van der Waals surface area contributed by atoms with E-state index in [0.29, 0.717) is 29.5 Å². The fourth-order valence-electron chi connectivity index (χ4n) is 2.82. The Balaban J connectivity index is 1.89. The first kappa shape index (κ1) is 15.7. The molecule has 0 spiro atoms. The van der Waals surface area contributed by atoms with Crippen molar-refractivity contribution in [2.45, 2.75) is 26.2 Å². The molecule has 0 unspecified atom stereocenters. The summed E-state index contributed by atoms with van der Waals surface area (Å²) in [6, 6.07) is 20.0. The predicted octanol–water partition coefficient (Wildman–Crippen LogP) is 4.11. The van der Waals surface area contributed by atoms with Crippen molar-refractivity contribution in [1.29, 1.82) is 0 Å². The maximum absolute atomic E-state index is 2.32. The third-order valence-corrected chi connectivity index (χ3v) is 11.2. The first-order chi connectivity index (χ1) is 11.4. The molecule has 0 nitrogen and oxygen atoms in total. The molecule has 0 saturated heterocycles. The summed E-state index contributed by atoms with van der Waals surface area (Å²) < 4.78 is 8.11. The van der Waals surface area contributed by atoms with Crippen LogP contribution in [0.25, 0.3) is 19.0 Å². The van der Waals surface area contributed by atoms with Crippen LogP contribution in [0, 0.1) is 0 Å². The van der Waals surface area contributed by atoms with Gasteiger partial charge in [-0.3, -0.25) is 0 Å². The molecular formula is C20H18SSe2. The van der Waals surface area contributed by atoms with Gasteiger partial charge in [0.15, 0.2) is 0 Å². The molecule has 0 aliphatic rings. The van der Waals surface area contributed by atoms with E-state index in [0.717, 1.165) is 0 Å². The Morgan fingerprint density at radius 1 is 1.00 bits per heavy atom. The third-order valence-electron chi connectivity index (χ3n) is 3.98. The van der Waals surface area contributed by atoms with Crippen LogP contribution in [0.1, 0.15) is 24.2 Å². The van der Waals surface area contributed by atoms with E-state index in [1.54, 1.807) is 17.9 Å². The number of unbranched alkanes of at least 4 members (excludes halogenated alkanes) is 1. The Kier molecular flexibility index (Phi) is 4.75. The molecule has 0 saturated carbocycles. The number of rotatable bonds is 5. The zero-order chi connectivity index (χ0) is 15.6. The molecule has 2 aromatic heterocycles. The van der Waals surface area contributed by atoms with Crippen molar-refractivity contribution in [2.75, 3.05) is 0 Å². The molecule has 0 aliphatic carbocycles. The van der Waals surface area contributed by atoms with Crippen LogP contribution >= 0.6 is 11.3 Å². The minimum atomic E-state index is 0.432. The van der Waals surface area contributed by atoms with Crippen LogP contribution in [0.4, 0.5) is 0 Å². The number of hydrogen-bond donors (Lipinski definition) is 0. The van der Waals surface area contributed by atoms with Crippen LogP contribution < -0.4 is 8.92 Å². The number of aryl methyl sites for hydroxylation is 1. The number of fused-ring (bicyclic) bond motifs is 3. The van der Waals surface area contributed by atoms with Crippen LogP contribution in [0.2, 0.25) is 0 Å². The van der Waals surface area contributed by atoms with E-state index in [-0.39, 0.29) is 0 Å². The Labute approximate surface area is 153 Å². The zero-order valence-electron chi connectivity index (χ0n) is 13.0. The molecule has 0 radical (unpaired) electrons. The molecule has 0 bridgehead atoms. The SMILES string of the molecule is CCCCc1[se]c2sc3ccccc3c2c1[Se]c1ccccc1. The summed E-state index contributed by atoms with van der Waals surface area (Å²) in [4.78, 5) is 0. The molecule has 23 heavy (non-hydrogen) atoms. The van der Waals surface area contributed by atoms with Gasteiger partial charge in [-0.15, -0.1) is 0 Å². The van der Waals surface area contributed by atoms with Gasteiger partial charge in [0.25, 0.3) is 0 Å². The van der Waals surface area contributed by atoms with Gasteiger partial charge in [-0.1, -0.05) is 0 Å². The van der Waals surface area contributed by atoms with Gasteiger partial charge < -0.3 is 0 Å². The summed E-state index contributed by atoms with van der Waals surface area (Å²) >= 11 is 3.02. The average molecular weight is 448 g/mol. The van der Waals surface area contributed by atoms with Gasteiger partial charge in [-0.25, -0.2) is 0 Å². The summed E-state index contributed by atoms with van der Waals surface area (Å²) in [6.07, 6.45) is 3.92. The van der Waals surface area contributed by atoms with Crippen molar-refractivity contribution < 1.29 is 0 Å². The maximum atomic E-state index is 2.32. The second-order valence-corrected chi connectivity index (χ2v) is 11.9. The zero-order valence-corrected chi connectivity index (χ0v) is 17.3. The molecule has 4 aromatic rings. The van der Waals surface area contributed by atoms with Crippen molar-refractivity contribution in [2.24, 2.45) is 0 Å². The third kappa shape index (κ3) is 3.09. The van der Waals surface area contributed by atoms with Crippen LogP contribution in [-0.2, 0) is 6.42 Å². The van der Waals surface area contributed by atoms with Crippen molar-refractivity contribution in [3.05, 3.63) is 59.0 Å². The minimum absolute atomic E-state index is 0.432. The van der Waals surface area contributed by atoms with Crippen LogP contribution in [-0.4, -0.2) is 29.5 Å². The normalized spacial score (nSPS) is 11.5. The summed E-state index contributed by atoms with van der Waals surface area (Å²) in [6.45, 7) is 2.30. The van der Waals surface area contributed by atoms with E-state index in [9.17, 15) is 0 Å². The molecule has 0 N–H and O–H groups in total. The number of benzene rings is 2. The Morgan fingerprint density at radius 2 is 1.78 bits per heavy atom. The van der Waals surface area contributed by atoms with E-state index in [1.807, 2.05) is 11.3 Å². The van der Waals surface area contributed by atoms with Gasteiger partial charge in [0.05, 0.1) is 0 Å². The number of hydrogen-bond acceptors (Lipinski definition) is 1. The summed E-state index contributed by atoms with van der Waals surface area (Å²) in [5, 5.41) is 3.11. The summed E-state index contributed by atoms with van der Waals surface area (Å²) in [5.41, 5.74) is 0. The van der Waals surface area contributed by atoms with Gasteiger partial charge >= 0.3 is 154 Å². The topological polar surface area (TPSA) is 0 Å². The van der Waals surface area contributed by atoms with Crippen molar-refractivity contribution in [3.63, 3.8) is 0 Å². The number of thiophene rings is 1. The Bertz CT molecular complexity index is 934. The Morgan fingerprint density at radius 3 is 2.61 bits per heavy atom. The van der Waals surface area contributed by atoms with Crippen molar-refractivity contribution >= 4 is 68.8 Å². The van der Waals surface area contributed by atoms with Crippen molar-refractivity contribution in [1.82, 2.24) is 0 Å². The second-order valence-electron chi connectivity index (χ2n) is 5.63. The first-order valence-electron chi connectivity index (χ1n) is 8.02. The molecule has 2 aromatic carbocycles. The van der Waals surface area contributed by atoms with Gasteiger partial charge in [0.1, 0.15) is 0 Å². The van der Waals surface area contributed by atoms with Gasteiger partial charge in [0.2, 0.25) is 0 Å². The molecule has 0 fully saturated rings. The quantitative estimate of drug-likeness (QED) is 0.404. The van der Waals surface area contributed by atoms with E-state index in [4.69, 9.17) is 0 Å². The fourth-order valence-corrected chi connectivity index (χ4v) is 10.8. The fraction of sp³-hybridized carbons (Fsp3) is 0.200. The van der Waals surface area contributed by atoms with Crippen LogP contribution in [0.3, 0.4) is 0 Å². The Hall–Kier alpha value is -0.821. The molecule has 0 atom stereocenters. The molecule has 116 valence electrons. The van der Waals surface area contributed by atoms with Gasteiger partial charge in [-0.2, -0.15) is 0 Å². The van der Waals surface area contributed by atoms with Crippen molar-refractivity contribution in [3.8, 4) is 0 Å². The van der Waals surface area contributed by atoms with Gasteiger partial charge in [-0.05, 0) is 0 Å². The average Bonchev–Trinajstić information content (AvgIpc) is 3.10. The van der Waals surface area contributed by atoms with E-state index in [2.05, 4.69) is 61.5 Å². The summed E-state index contributed by atoms with van der Waals surface area (Å²) in [7, 11) is 0. The molecule has 0 amide bonds. The second kappa shape index (κ2) is 6.97. The van der Waals surface area contributed by atoms with E-state index >= 15 is 0 Å². The molecule has 4 rings (SSSR count). The molecule has 0 aliphatic heterocycles. The summed E-state index contributed by atoms with van der Waals surface area (Å²) in [5.74, 6) is 0. The van der Waals surface area contributed by atoms with Gasteiger partial charge in [0, 0.05) is 0 Å². The molecule has 2 heterocycles. The molecule has 3 heteroatoms. The first-order valence-corrected chi connectivity index (χ1v) is 12.3. The predicted molar refractivity (Wildman–Crippen MR) is 106 cm³/mol.